The molecule has 3 N–H and O–H groups in total. The SMILES string of the molecule is COc1cc([S@](C)(=N)=O)ccc1NCC#Cc1sc2c(NC3CCN(C)CC3F)cccc2c1CC(F)(F)F. The number of rotatable bonds is 7. The summed E-state index contributed by atoms with van der Waals surface area (Å²) in [4.78, 5) is 2.54. The number of nitrogens with zero attached hydrogens (tertiary/aromatic N) is 1. The number of fused-ring (bicyclic) bond motifs is 1. The predicted molar refractivity (Wildman–Crippen MR) is 149 cm³/mol. The van der Waals surface area contributed by atoms with E-state index in [1.807, 2.05) is 11.9 Å². The molecule has 3 atom stereocenters. The summed E-state index contributed by atoms with van der Waals surface area (Å²) in [6.07, 6.45) is -4.72. The van der Waals surface area contributed by atoms with Gasteiger partial charge < -0.3 is 20.3 Å². The van der Waals surface area contributed by atoms with Gasteiger partial charge in [-0.05, 0) is 48.7 Å². The summed E-state index contributed by atoms with van der Waals surface area (Å²) in [7, 11) is 0.385. The molecular formula is C27H30F4N4O2S2. The van der Waals surface area contributed by atoms with E-state index < -0.39 is 34.5 Å². The van der Waals surface area contributed by atoms with Gasteiger partial charge in [-0.15, -0.1) is 11.3 Å². The fraction of sp³-hybridized carbons (Fsp3) is 0.407. The van der Waals surface area contributed by atoms with Crippen molar-refractivity contribution in [1.29, 1.82) is 4.78 Å². The van der Waals surface area contributed by atoms with Gasteiger partial charge in [0, 0.05) is 19.3 Å². The molecule has 12 heteroatoms. The molecular weight excluding hydrogens is 552 g/mol. The number of anilines is 2. The summed E-state index contributed by atoms with van der Waals surface area (Å²) in [5.74, 6) is 6.17. The molecule has 1 saturated heterocycles. The number of benzene rings is 2. The number of thiophene rings is 1. The van der Waals surface area contributed by atoms with Crippen LogP contribution in [-0.4, -0.2) is 67.5 Å². The second kappa shape index (κ2) is 11.6. The first-order chi connectivity index (χ1) is 18.4. The molecule has 3 aromatic rings. The molecule has 1 fully saturated rings. The molecule has 0 spiro atoms. The van der Waals surface area contributed by atoms with Crippen LogP contribution in [0.3, 0.4) is 0 Å². The van der Waals surface area contributed by atoms with E-state index in [1.165, 1.54) is 30.8 Å². The molecule has 0 bridgehead atoms. The Labute approximate surface area is 229 Å². The Morgan fingerprint density at radius 3 is 2.69 bits per heavy atom. The maximum atomic E-state index is 14.7. The largest absolute Gasteiger partial charge is 0.495 e. The fourth-order valence-electron chi connectivity index (χ4n) is 4.50. The van der Waals surface area contributed by atoms with Crippen LogP contribution in [0.4, 0.5) is 28.9 Å². The average molecular weight is 583 g/mol. The lowest BCUT2D eigenvalue weighted by Crippen LogP contribution is -2.46. The highest BCUT2D eigenvalue weighted by Gasteiger charge is 2.32. The van der Waals surface area contributed by atoms with Crippen LogP contribution < -0.4 is 15.4 Å². The van der Waals surface area contributed by atoms with Gasteiger partial charge in [-0.1, -0.05) is 24.0 Å². The second-order valence-corrected chi connectivity index (χ2v) is 12.7. The molecule has 2 aromatic carbocycles. The number of alkyl halides is 4. The Kier molecular flexibility index (Phi) is 8.63. The summed E-state index contributed by atoms with van der Waals surface area (Å²) in [6.45, 7) is 1.15. The first-order valence-electron chi connectivity index (χ1n) is 12.2. The zero-order valence-electron chi connectivity index (χ0n) is 21.7. The third-order valence-corrected chi connectivity index (χ3v) is 8.82. The van der Waals surface area contributed by atoms with Gasteiger partial charge in [0.2, 0.25) is 0 Å². The number of likely N-dealkylation sites (tertiary alicyclic amines) is 1. The molecule has 2 unspecified atom stereocenters. The van der Waals surface area contributed by atoms with Crippen molar-refractivity contribution >= 4 is 42.5 Å². The van der Waals surface area contributed by atoms with Gasteiger partial charge in [0.15, 0.2) is 0 Å². The lowest BCUT2D eigenvalue weighted by Gasteiger charge is -2.33. The van der Waals surface area contributed by atoms with Crippen molar-refractivity contribution in [2.45, 2.75) is 36.1 Å². The van der Waals surface area contributed by atoms with Gasteiger partial charge in [-0.3, -0.25) is 0 Å². The number of halogens is 4. The molecule has 0 amide bonds. The highest BCUT2D eigenvalue weighted by molar-refractivity contribution is 7.91. The number of hydrogen-bond acceptors (Lipinski definition) is 7. The predicted octanol–water partition coefficient (Wildman–Crippen LogP) is 5.97. The lowest BCUT2D eigenvalue weighted by atomic mass is 10.0. The van der Waals surface area contributed by atoms with Gasteiger partial charge in [-0.25, -0.2) is 13.4 Å². The van der Waals surface area contributed by atoms with Crippen molar-refractivity contribution in [3.05, 3.63) is 46.8 Å². The van der Waals surface area contributed by atoms with Gasteiger partial charge in [0.25, 0.3) is 0 Å². The van der Waals surface area contributed by atoms with E-state index in [9.17, 15) is 21.8 Å². The molecule has 0 radical (unpaired) electrons. The number of piperidine rings is 1. The lowest BCUT2D eigenvalue weighted by molar-refractivity contribution is -0.126. The minimum atomic E-state index is -4.42. The first kappa shape index (κ1) is 29.0. The van der Waals surface area contributed by atoms with Crippen LogP contribution in [0.15, 0.2) is 41.3 Å². The van der Waals surface area contributed by atoms with Crippen molar-refractivity contribution in [3.8, 4) is 17.6 Å². The topological polar surface area (TPSA) is 77.4 Å². The zero-order chi connectivity index (χ0) is 28.4. The van der Waals surface area contributed by atoms with Crippen LogP contribution in [-0.2, 0) is 16.1 Å². The third-order valence-electron chi connectivity index (χ3n) is 6.47. The molecule has 1 aliphatic heterocycles. The van der Waals surface area contributed by atoms with E-state index in [-0.39, 0.29) is 12.1 Å². The van der Waals surface area contributed by atoms with Crippen molar-refractivity contribution < 1.29 is 26.5 Å². The Morgan fingerprint density at radius 1 is 1.26 bits per heavy atom. The van der Waals surface area contributed by atoms with Crippen molar-refractivity contribution in [2.75, 3.05) is 50.7 Å². The summed E-state index contributed by atoms with van der Waals surface area (Å²) in [5, 5.41) is 6.75. The molecule has 0 aliphatic carbocycles. The molecule has 4 rings (SSSR count). The van der Waals surface area contributed by atoms with Gasteiger partial charge in [-0.2, -0.15) is 13.2 Å². The quantitative estimate of drug-likeness (QED) is 0.237. The Bertz CT molecular complexity index is 1510. The van der Waals surface area contributed by atoms with Crippen LogP contribution >= 0.6 is 11.3 Å². The molecule has 6 nitrogen and oxygen atoms in total. The van der Waals surface area contributed by atoms with Crippen LogP contribution in [0, 0.1) is 16.6 Å². The average Bonchev–Trinajstić information content (AvgIpc) is 3.19. The summed E-state index contributed by atoms with van der Waals surface area (Å²) in [6, 6.07) is 9.37. The number of nitrogens with one attached hydrogen (secondary N) is 3. The maximum Gasteiger partial charge on any atom is 0.393 e. The molecule has 1 aromatic heterocycles. The highest BCUT2D eigenvalue weighted by Crippen LogP contribution is 2.39. The van der Waals surface area contributed by atoms with E-state index in [0.29, 0.717) is 49.9 Å². The van der Waals surface area contributed by atoms with E-state index >= 15 is 0 Å². The van der Waals surface area contributed by atoms with Crippen molar-refractivity contribution in [1.82, 2.24) is 4.90 Å². The minimum Gasteiger partial charge on any atom is -0.495 e. The molecule has 39 heavy (non-hydrogen) atoms. The second-order valence-electron chi connectivity index (χ2n) is 9.56. The monoisotopic (exact) mass is 582 g/mol. The van der Waals surface area contributed by atoms with Crippen molar-refractivity contribution in [3.63, 3.8) is 0 Å². The fourth-order valence-corrected chi connectivity index (χ4v) is 6.33. The Morgan fingerprint density at radius 2 is 2.03 bits per heavy atom. The molecule has 1 aliphatic rings. The molecule has 0 saturated carbocycles. The van der Waals surface area contributed by atoms with Gasteiger partial charge in [0.1, 0.15) is 11.9 Å². The number of hydrogen-bond donors (Lipinski definition) is 3. The summed E-state index contributed by atoms with van der Waals surface area (Å²) < 4.78 is 80.9. The van der Waals surface area contributed by atoms with Crippen molar-refractivity contribution in [2.24, 2.45) is 0 Å². The number of methoxy groups -OCH3 is 1. The van der Waals surface area contributed by atoms with Crippen LogP contribution in [0.2, 0.25) is 0 Å². The van der Waals surface area contributed by atoms with Crippen LogP contribution in [0.1, 0.15) is 16.9 Å². The van der Waals surface area contributed by atoms with Crippen LogP contribution in [0.25, 0.3) is 10.1 Å². The minimum absolute atomic E-state index is 0.105. The van der Waals surface area contributed by atoms with E-state index in [4.69, 9.17) is 9.52 Å². The first-order valence-corrected chi connectivity index (χ1v) is 15.0. The Balaban J connectivity index is 1.61. The maximum absolute atomic E-state index is 14.7. The zero-order valence-corrected chi connectivity index (χ0v) is 23.4. The van der Waals surface area contributed by atoms with Gasteiger partial charge >= 0.3 is 6.18 Å². The van der Waals surface area contributed by atoms with Gasteiger partial charge in [0.05, 0.1) is 61.7 Å². The normalized spacial score (nSPS) is 19.7. The highest BCUT2D eigenvalue weighted by atomic mass is 32.2. The summed E-state index contributed by atoms with van der Waals surface area (Å²) >= 11 is 1.17. The Hall–Kier alpha value is -3.01. The number of ether oxygens (including phenoxy) is 1. The summed E-state index contributed by atoms with van der Waals surface area (Å²) in [5.41, 5.74) is 1.27. The van der Waals surface area contributed by atoms with E-state index in [1.54, 1.807) is 30.3 Å². The van der Waals surface area contributed by atoms with Crippen LogP contribution in [0.5, 0.6) is 5.75 Å². The standard InChI is InChI=1S/C27H30F4N4O2S2/c1-35-13-11-21(20(28)16-35)34-23-7-4-6-18-19(15-27(29,30)31)25(38-26(18)23)8-5-12-33-22-10-9-17(39(3,32)36)14-24(22)37-2/h4,6-7,9-10,14,20-21,32-34H,11-13,15-16H2,1-3H3/t20?,21?,39-/m1/s1. The smallest absolute Gasteiger partial charge is 0.393 e. The molecule has 2 heterocycles. The van der Waals surface area contributed by atoms with E-state index in [0.717, 1.165) is 6.54 Å². The van der Waals surface area contributed by atoms with E-state index in [2.05, 4.69) is 22.5 Å². The third kappa shape index (κ3) is 7.15. The molecule has 210 valence electrons.